The van der Waals surface area contributed by atoms with Gasteiger partial charge >= 0.3 is 0 Å². The summed E-state index contributed by atoms with van der Waals surface area (Å²) in [5.74, 6) is 0. The third-order valence-electron chi connectivity index (χ3n) is 7.76. The normalized spacial score (nSPS) is 12.5. The van der Waals surface area contributed by atoms with E-state index in [1.54, 1.807) is 0 Å². The van der Waals surface area contributed by atoms with Crippen LogP contribution in [0.25, 0.3) is 0 Å². The van der Waals surface area contributed by atoms with Gasteiger partial charge in [0.05, 0.1) is 54.4 Å². The van der Waals surface area contributed by atoms with Gasteiger partial charge in [-0.1, -0.05) is 104 Å². The molecule has 0 spiro atoms. The molecule has 200 valence electrons. The van der Waals surface area contributed by atoms with Gasteiger partial charge in [-0.05, 0) is 44.9 Å². The van der Waals surface area contributed by atoms with E-state index in [4.69, 9.17) is 0 Å². The van der Waals surface area contributed by atoms with Crippen LogP contribution in [-0.2, 0) is 0 Å². The molecule has 0 aromatic rings. The Hall–Kier alpha value is -0.0800. The molecule has 0 N–H and O–H groups in total. The van der Waals surface area contributed by atoms with E-state index < -0.39 is 0 Å². The Morgan fingerprint density at radius 2 is 0.455 bits per heavy atom. The van der Waals surface area contributed by atoms with Gasteiger partial charge < -0.3 is 8.97 Å². The number of nitrogens with zero attached hydrogens (tertiary/aromatic N) is 2. The van der Waals surface area contributed by atoms with E-state index in [9.17, 15) is 0 Å². The maximum atomic E-state index is 2.45. The van der Waals surface area contributed by atoms with Crippen molar-refractivity contribution in [3.63, 3.8) is 0 Å². The molecular formula is C31H68N2+2. The van der Waals surface area contributed by atoms with Crippen molar-refractivity contribution in [3.05, 3.63) is 0 Å². The van der Waals surface area contributed by atoms with Gasteiger partial charge in [0.25, 0.3) is 0 Å². The zero-order valence-electron chi connectivity index (χ0n) is 24.6. The van der Waals surface area contributed by atoms with Crippen molar-refractivity contribution in [3.8, 4) is 0 Å². The molecule has 0 amide bonds. The standard InChI is InChI=1S/C31H68N2/c1-7-9-11-13-15-17-19-21-24-28-32(3,4)30-26-23-27-31-33(5,6)29-25-22-20-18-16-14-12-10-8-2/h7-31H2,1-6H3/q+2. The van der Waals surface area contributed by atoms with Crippen molar-refractivity contribution in [2.24, 2.45) is 0 Å². The van der Waals surface area contributed by atoms with E-state index in [0.717, 1.165) is 0 Å². The highest BCUT2D eigenvalue weighted by Crippen LogP contribution is 2.14. The lowest BCUT2D eigenvalue weighted by Crippen LogP contribution is -2.42. The van der Waals surface area contributed by atoms with Gasteiger partial charge in [-0.2, -0.15) is 0 Å². The van der Waals surface area contributed by atoms with Crippen LogP contribution >= 0.6 is 0 Å². The first-order valence-electron chi connectivity index (χ1n) is 15.5. The minimum atomic E-state index is 1.23. The molecule has 2 nitrogen and oxygen atoms in total. The van der Waals surface area contributed by atoms with Gasteiger partial charge in [0.15, 0.2) is 0 Å². The van der Waals surface area contributed by atoms with Crippen molar-refractivity contribution >= 4 is 0 Å². The van der Waals surface area contributed by atoms with Gasteiger partial charge in [-0.15, -0.1) is 0 Å². The smallest absolute Gasteiger partial charge is 0.0782 e. The quantitative estimate of drug-likeness (QED) is 0.0875. The molecule has 0 aromatic heterocycles. The van der Waals surface area contributed by atoms with Crippen molar-refractivity contribution in [2.75, 3.05) is 54.4 Å². The van der Waals surface area contributed by atoms with Crippen molar-refractivity contribution in [2.45, 2.75) is 149 Å². The second kappa shape index (κ2) is 22.4. The fraction of sp³-hybridized carbons (Fsp3) is 1.00. The molecule has 0 unspecified atom stereocenters. The van der Waals surface area contributed by atoms with Crippen LogP contribution in [0.5, 0.6) is 0 Å². The summed E-state index contributed by atoms with van der Waals surface area (Å²) in [6.45, 7) is 10.1. The molecule has 0 bridgehead atoms. The highest BCUT2D eigenvalue weighted by Gasteiger charge is 2.16. The predicted octanol–water partition coefficient (Wildman–Crippen LogP) is 9.37. The number of unbranched alkanes of at least 4 members (excludes halogenated alkanes) is 18. The second-order valence-corrected chi connectivity index (χ2v) is 12.5. The Bertz CT molecular complexity index is 352. The number of hydrogen-bond donors (Lipinski definition) is 0. The van der Waals surface area contributed by atoms with E-state index in [1.807, 2.05) is 0 Å². The zero-order chi connectivity index (χ0) is 24.7. The monoisotopic (exact) mass is 469 g/mol. The fourth-order valence-corrected chi connectivity index (χ4v) is 5.18. The Labute approximate surface area is 212 Å². The first-order chi connectivity index (χ1) is 15.8. The summed E-state index contributed by atoms with van der Waals surface area (Å²) in [5, 5.41) is 0. The van der Waals surface area contributed by atoms with Crippen LogP contribution in [0.3, 0.4) is 0 Å². The van der Waals surface area contributed by atoms with Gasteiger partial charge in [0, 0.05) is 0 Å². The van der Waals surface area contributed by atoms with Crippen molar-refractivity contribution in [1.29, 1.82) is 0 Å². The fourth-order valence-electron chi connectivity index (χ4n) is 5.18. The van der Waals surface area contributed by atoms with E-state index in [-0.39, 0.29) is 0 Å². The Morgan fingerprint density at radius 3 is 0.697 bits per heavy atom. The van der Waals surface area contributed by atoms with Crippen LogP contribution in [0.2, 0.25) is 0 Å². The minimum Gasteiger partial charge on any atom is -0.328 e. The lowest BCUT2D eigenvalue weighted by atomic mass is 10.1. The Kier molecular flexibility index (Phi) is 22.3. The minimum absolute atomic E-state index is 1.23. The molecule has 0 saturated heterocycles. The van der Waals surface area contributed by atoms with Crippen LogP contribution in [0, 0.1) is 0 Å². The molecular weight excluding hydrogens is 400 g/mol. The summed E-state index contributed by atoms with van der Waals surface area (Å²) in [7, 11) is 9.81. The summed E-state index contributed by atoms with van der Waals surface area (Å²) in [4.78, 5) is 0. The second-order valence-electron chi connectivity index (χ2n) is 12.5. The summed E-state index contributed by atoms with van der Waals surface area (Å²) >= 11 is 0. The molecule has 33 heavy (non-hydrogen) atoms. The Morgan fingerprint density at radius 1 is 0.273 bits per heavy atom. The SMILES string of the molecule is CCCCCCCCCCC[N+](C)(C)CCCCC[N+](C)(C)CCCCCCCCCCC. The van der Waals surface area contributed by atoms with Crippen LogP contribution in [0.15, 0.2) is 0 Å². The summed E-state index contributed by atoms with van der Waals surface area (Å²) < 4.78 is 2.46. The highest BCUT2D eigenvalue weighted by atomic mass is 15.3. The molecule has 0 saturated carbocycles. The molecule has 0 radical (unpaired) electrons. The van der Waals surface area contributed by atoms with Crippen molar-refractivity contribution in [1.82, 2.24) is 0 Å². The van der Waals surface area contributed by atoms with Gasteiger partial charge in [-0.3, -0.25) is 0 Å². The first kappa shape index (κ1) is 32.9. The molecule has 0 aromatic carbocycles. The van der Waals surface area contributed by atoms with E-state index in [2.05, 4.69) is 42.0 Å². The molecule has 2 heteroatoms. The number of rotatable bonds is 26. The summed E-state index contributed by atoms with van der Waals surface area (Å²) in [6.07, 6.45) is 30.2. The highest BCUT2D eigenvalue weighted by molar-refractivity contribution is 4.50. The molecule has 0 heterocycles. The molecule has 0 aliphatic heterocycles. The number of hydrogen-bond acceptors (Lipinski definition) is 0. The maximum absolute atomic E-state index is 2.45. The first-order valence-corrected chi connectivity index (χ1v) is 15.5. The molecule has 0 aliphatic carbocycles. The third-order valence-corrected chi connectivity index (χ3v) is 7.76. The largest absolute Gasteiger partial charge is 0.328 e. The maximum Gasteiger partial charge on any atom is 0.0782 e. The zero-order valence-corrected chi connectivity index (χ0v) is 24.6. The predicted molar refractivity (Wildman–Crippen MR) is 152 cm³/mol. The lowest BCUT2D eigenvalue weighted by Gasteiger charge is -2.31. The molecule has 0 atom stereocenters. The molecule has 0 rings (SSSR count). The van der Waals surface area contributed by atoms with E-state index in [1.165, 1.54) is 170 Å². The third kappa shape index (κ3) is 24.8. The number of quaternary nitrogens is 2. The summed E-state index contributed by atoms with van der Waals surface area (Å²) in [5.41, 5.74) is 0. The van der Waals surface area contributed by atoms with Crippen LogP contribution in [0.1, 0.15) is 149 Å². The van der Waals surface area contributed by atoms with E-state index >= 15 is 0 Å². The van der Waals surface area contributed by atoms with Crippen LogP contribution < -0.4 is 0 Å². The Balaban J connectivity index is 3.57. The van der Waals surface area contributed by atoms with Gasteiger partial charge in [0.2, 0.25) is 0 Å². The average Bonchev–Trinajstić information content (AvgIpc) is 2.76. The topological polar surface area (TPSA) is 0 Å². The van der Waals surface area contributed by atoms with Crippen LogP contribution in [0.4, 0.5) is 0 Å². The van der Waals surface area contributed by atoms with Crippen LogP contribution in [-0.4, -0.2) is 63.3 Å². The lowest BCUT2D eigenvalue weighted by molar-refractivity contribution is -0.892. The van der Waals surface area contributed by atoms with Crippen molar-refractivity contribution < 1.29 is 8.97 Å². The average molecular weight is 469 g/mol. The van der Waals surface area contributed by atoms with E-state index in [0.29, 0.717) is 0 Å². The summed E-state index contributed by atoms with van der Waals surface area (Å²) in [6, 6.07) is 0. The van der Waals surface area contributed by atoms with Gasteiger partial charge in [-0.25, -0.2) is 0 Å². The molecule has 0 aliphatic rings. The molecule has 0 fully saturated rings. The van der Waals surface area contributed by atoms with Gasteiger partial charge in [0.1, 0.15) is 0 Å².